The minimum Gasteiger partial charge on any atom is -0.486 e. The average molecular weight is 205 g/mol. The summed E-state index contributed by atoms with van der Waals surface area (Å²) in [5, 5.41) is 6.44. The van der Waals surface area contributed by atoms with E-state index in [1.54, 1.807) is 0 Å². The van der Waals surface area contributed by atoms with Crippen molar-refractivity contribution in [3.63, 3.8) is 0 Å². The van der Waals surface area contributed by atoms with Crippen LogP contribution in [0.5, 0.6) is 5.75 Å². The van der Waals surface area contributed by atoms with Crippen molar-refractivity contribution < 1.29 is 4.74 Å². The normalized spacial score (nSPS) is 8.93. The highest BCUT2D eigenvalue weighted by atomic mass is 16.5. The predicted octanol–water partition coefficient (Wildman–Crippen LogP) is 2.41. The predicted molar refractivity (Wildman–Crippen MR) is 58.5 cm³/mol. The maximum Gasteiger partial charge on any atom is 0.162 e. The molecule has 0 fully saturated rings. The number of nitrogens with zero attached hydrogens (tertiary/aromatic N) is 2. The Hall–Kier alpha value is -1.84. The highest BCUT2D eigenvalue weighted by Crippen LogP contribution is 2.09. The Labute approximate surface area is 89.3 Å². The second kappa shape index (κ2) is 6.59. The molecule has 1 aromatic carbocycles. The molecule has 0 aliphatic rings. The molecule has 2 rings (SSSR count). The fourth-order valence-electron chi connectivity index (χ4n) is 0.969. The summed E-state index contributed by atoms with van der Waals surface area (Å²) in [6.45, 7) is 4.42. The second-order valence-electron chi connectivity index (χ2n) is 2.53. The fourth-order valence-corrected chi connectivity index (χ4v) is 0.969. The van der Waals surface area contributed by atoms with Gasteiger partial charge in [-0.25, -0.2) is 4.98 Å². The van der Waals surface area contributed by atoms with E-state index in [4.69, 9.17) is 4.74 Å². The van der Waals surface area contributed by atoms with E-state index in [9.17, 15) is 0 Å². The van der Waals surface area contributed by atoms with Gasteiger partial charge < -0.3 is 4.74 Å². The van der Waals surface area contributed by atoms with Crippen LogP contribution in [0.1, 0.15) is 19.7 Å². The van der Waals surface area contributed by atoms with Gasteiger partial charge in [0.15, 0.2) is 5.82 Å². The molecule has 1 heterocycles. The number of ether oxygens (including phenoxy) is 1. The van der Waals surface area contributed by atoms with E-state index >= 15 is 0 Å². The smallest absolute Gasteiger partial charge is 0.162 e. The molecule has 1 aromatic heterocycles. The number of para-hydroxylation sites is 1. The molecule has 0 radical (unpaired) electrons. The topological polar surface area (TPSA) is 50.8 Å². The lowest BCUT2D eigenvalue weighted by atomic mass is 10.3. The lowest BCUT2D eigenvalue weighted by Gasteiger charge is -2.01. The van der Waals surface area contributed by atoms with E-state index in [0.29, 0.717) is 6.61 Å². The molecular weight excluding hydrogens is 190 g/mol. The van der Waals surface area contributed by atoms with E-state index in [0.717, 1.165) is 11.6 Å². The van der Waals surface area contributed by atoms with Gasteiger partial charge in [0.25, 0.3) is 0 Å². The van der Waals surface area contributed by atoms with Crippen LogP contribution in [0.15, 0.2) is 36.7 Å². The summed E-state index contributed by atoms with van der Waals surface area (Å²) in [6.07, 6.45) is 1.46. The molecule has 0 spiro atoms. The number of hydrogen-bond acceptors (Lipinski definition) is 3. The number of aromatic nitrogens is 3. The Balaban J connectivity index is 0.000000531. The molecule has 80 valence electrons. The van der Waals surface area contributed by atoms with Gasteiger partial charge in [0.05, 0.1) is 0 Å². The van der Waals surface area contributed by atoms with Crippen LogP contribution in [0.3, 0.4) is 0 Å². The second-order valence-corrected chi connectivity index (χ2v) is 2.53. The first-order valence-corrected chi connectivity index (χ1v) is 4.97. The van der Waals surface area contributed by atoms with E-state index in [2.05, 4.69) is 15.2 Å². The Morgan fingerprint density at radius 3 is 2.53 bits per heavy atom. The maximum atomic E-state index is 5.42. The number of aromatic amines is 1. The fraction of sp³-hybridized carbons (Fsp3) is 0.273. The van der Waals surface area contributed by atoms with Crippen molar-refractivity contribution in [2.75, 3.05) is 0 Å². The van der Waals surface area contributed by atoms with Gasteiger partial charge in [-0.15, -0.1) is 0 Å². The van der Waals surface area contributed by atoms with E-state index in [-0.39, 0.29) is 0 Å². The zero-order chi connectivity index (χ0) is 10.9. The maximum absolute atomic E-state index is 5.42. The number of nitrogens with one attached hydrogen (secondary N) is 1. The molecular formula is C11H15N3O. The molecule has 0 aliphatic carbocycles. The molecule has 0 atom stereocenters. The molecule has 0 saturated heterocycles. The van der Waals surface area contributed by atoms with Gasteiger partial charge >= 0.3 is 0 Å². The lowest BCUT2D eigenvalue weighted by Crippen LogP contribution is -1.97. The zero-order valence-corrected chi connectivity index (χ0v) is 8.97. The summed E-state index contributed by atoms with van der Waals surface area (Å²) < 4.78 is 5.42. The van der Waals surface area contributed by atoms with Crippen LogP contribution in [-0.2, 0) is 6.61 Å². The first-order chi connectivity index (χ1) is 7.45. The van der Waals surface area contributed by atoms with Gasteiger partial charge in [0.1, 0.15) is 18.7 Å². The van der Waals surface area contributed by atoms with Gasteiger partial charge in [0.2, 0.25) is 0 Å². The Morgan fingerprint density at radius 1 is 1.20 bits per heavy atom. The van der Waals surface area contributed by atoms with Crippen molar-refractivity contribution in [3.05, 3.63) is 42.5 Å². The van der Waals surface area contributed by atoms with Crippen LogP contribution in [0.4, 0.5) is 0 Å². The van der Waals surface area contributed by atoms with Gasteiger partial charge in [-0.2, -0.15) is 5.10 Å². The van der Waals surface area contributed by atoms with E-state index in [1.165, 1.54) is 6.33 Å². The molecule has 1 N–H and O–H groups in total. The summed E-state index contributed by atoms with van der Waals surface area (Å²) in [7, 11) is 0. The molecule has 0 saturated carbocycles. The van der Waals surface area contributed by atoms with Crippen molar-refractivity contribution in [2.45, 2.75) is 20.5 Å². The minimum atomic E-state index is 0.421. The molecule has 0 bridgehead atoms. The molecule has 2 aromatic rings. The third kappa shape index (κ3) is 3.81. The van der Waals surface area contributed by atoms with Gasteiger partial charge in [0, 0.05) is 0 Å². The molecule has 0 aliphatic heterocycles. The van der Waals surface area contributed by atoms with Crippen LogP contribution < -0.4 is 4.74 Å². The Kier molecular flexibility index (Phi) is 4.94. The summed E-state index contributed by atoms with van der Waals surface area (Å²) in [4.78, 5) is 3.94. The average Bonchev–Trinajstić information content (AvgIpc) is 2.83. The molecule has 0 amide bonds. The quantitative estimate of drug-likeness (QED) is 0.837. The van der Waals surface area contributed by atoms with Crippen molar-refractivity contribution in [1.82, 2.24) is 15.2 Å². The first kappa shape index (κ1) is 11.2. The lowest BCUT2D eigenvalue weighted by molar-refractivity contribution is 0.296. The Morgan fingerprint density at radius 2 is 1.93 bits per heavy atom. The largest absolute Gasteiger partial charge is 0.486 e. The summed E-state index contributed by atoms with van der Waals surface area (Å²) in [5.74, 6) is 1.56. The summed E-state index contributed by atoms with van der Waals surface area (Å²) in [6, 6.07) is 9.60. The zero-order valence-electron chi connectivity index (χ0n) is 8.97. The molecule has 4 nitrogen and oxygen atoms in total. The van der Waals surface area contributed by atoms with Crippen LogP contribution in [0, 0.1) is 0 Å². The monoisotopic (exact) mass is 205 g/mol. The highest BCUT2D eigenvalue weighted by Gasteiger charge is 1.95. The van der Waals surface area contributed by atoms with E-state index in [1.807, 2.05) is 44.2 Å². The number of hydrogen-bond donors (Lipinski definition) is 1. The standard InChI is InChI=1S/C9H9N3O.C2H6/c1-2-4-8(5-3-1)13-6-9-10-7-11-12-9;1-2/h1-5,7H,6H2,(H,10,11,12);1-2H3. The molecule has 0 unspecified atom stereocenters. The first-order valence-electron chi connectivity index (χ1n) is 4.97. The van der Waals surface area contributed by atoms with Gasteiger partial charge in [-0.1, -0.05) is 32.0 Å². The van der Waals surface area contributed by atoms with Gasteiger partial charge in [-0.05, 0) is 12.1 Å². The Bertz CT molecular complexity index is 345. The van der Waals surface area contributed by atoms with Crippen LogP contribution >= 0.6 is 0 Å². The number of H-pyrrole nitrogens is 1. The minimum absolute atomic E-state index is 0.421. The van der Waals surface area contributed by atoms with Crippen molar-refractivity contribution in [1.29, 1.82) is 0 Å². The van der Waals surface area contributed by atoms with E-state index < -0.39 is 0 Å². The summed E-state index contributed by atoms with van der Waals surface area (Å²) in [5.41, 5.74) is 0. The van der Waals surface area contributed by atoms with Crippen LogP contribution in [0.25, 0.3) is 0 Å². The highest BCUT2D eigenvalue weighted by molar-refractivity contribution is 5.20. The van der Waals surface area contributed by atoms with Crippen molar-refractivity contribution in [3.8, 4) is 5.75 Å². The van der Waals surface area contributed by atoms with Gasteiger partial charge in [-0.3, -0.25) is 5.10 Å². The van der Waals surface area contributed by atoms with Crippen molar-refractivity contribution >= 4 is 0 Å². The number of rotatable bonds is 3. The third-order valence-corrected chi connectivity index (χ3v) is 1.58. The SMILES string of the molecule is CC.c1ccc(OCc2ncn[nH]2)cc1. The van der Waals surface area contributed by atoms with Crippen LogP contribution in [-0.4, -0.2) is 15.2 Å². The number of benzene rings is 1. The third-order valence-electron chi connectivity index (χ3n) is 1.58. The molecule has 4 heteroatoms. The molecule has 15 heavy (non-hydrogen) atoms. The van der Waals surface area contributed by atoms with Crippen molar-refractivity contribution in [2.24, 2.45) is 0 Å². The van der Waals surface area contributed by atoms with Crippen LogP contribution in [0.2, 0.25) is 0 Å². The summed E-state index contributed by atoms with van der Waals surface area (Å²) >= 11 is 0.